The molecule has 0 spiro atoms. The lowest BCUT2D eigenvalue weighted by atomic mass is 10.2. The van der Waals surface area contributed by atoms with Crippen molar-refractivity contribution < 1.29 is 21.6 Å². The number of hydrogen-bond acceptors (Lipinski definition) is 3. The monoisotopic (exact) mass is 339 g/mol. The van der Waals surface area contributed by atoms with Crippen LogP contribution in [0.5, 0.6) is 0 Å². The number of thioether (sulfide) groups is 1. The molecule has 0 N–H and O–H groups in total. The summed E-state index contributed by atoms with van der Waals surface area (Å²) in [5.41, 5.74) is 0. The van der Waals surface area contributed by atoms with Gasteiger partial charge in [-0.05, 0) is 25.2 Å². The zero-order valence-corrected chi connectivity index (χ0v) is 13.3. The molecular formula is C13H16F3NO2S2. The van der Waals surface area contributed by atoms with Gasteiger partial charge in [0.1, 0.15) is 10.7 Å². The highest BCUT2D eigenvalue weighted by molar-refractivity contribution is 7.99. The fraction of sp³-hybridized carbons (Fsp3) is 0.538. The first kappa shape index (κ1) is 16.6. The Bertz CT molecular complexity index is 637. The first-order chi connectivity index (χ1) is 9.78. The third-order valence-electron chi connectivity index (χ3n) is 3.82. The second-order valence-electron chi connectivity index (χ2n) is 4.99. The summed E-state index contributed by atoms with van der Waals surface area (Å²) in [6.07, 6.45) is 4.33. The fourth-order valence-corrected chi connectivity index (χ4v) is 5.22. The fourth-order valence-electron chi connectivity index (χ4n) is 2.63. The van der Waals surface area contributed by atoms with Gasteiger partial charge in [-0.2, -0.15) is 16.1 Å². The summed E-state index contributed by atoms with van der Waals surface area (Å²) >= 11 is 1.56. The van der Waals surface area contributed by atoms with Crippen molar-refractivity contribution in [3.63, 3.8) is 0 Å². The van der Waals surface area contributed by atoms with Crippen LogP contribution in [0.3, 0.4) is 0 Å². The highest BCUT2D eigenvalue weighted by atomic mass is 32.2. The minimum Gasteiger partial charge on any atom is -0.207 e. The van der Waals surface area contributed by atoms with Gasteiger partial charge in [-0.15, -0.1) is 0 Å². The SMILES string of the molecule is CS[C@H]1CCC[C@@H]1N(C)S(=O)(=O)c1cc(F)c(F)cc1F. The van der Waals surface area contributed by atoms with Crippen LogP contribution in [0.25, 0.3) is 0 Å². The highest BCUT2D eigenvalue weighted by Gasteiger charge is 2.37. The predicted octanol–water partition coefficient (Wildman–Crippen LogP) is 3.01. The first-order valence-corrected chi connectivity index (χ1v) is 9.17. The van der Waals surface area contributed by atoms with Crippen LogP contribution in [0, 0.1) is 17.5 Å². The van der Waals surface area contributed by atoms with Crippen LogP contribution in [0.1, 0.15) is 19.3 Å². The van der Waals surface area contributed by atoms with Crippen LogP contribution in [0.2, 0.25) is 0 Å². The summed E-state index contributed by atoms with van der Waals surface area (Å²) in [5, 5.41) is 0.123. The van der Waals surface area contributed by atoms with Gasteiger partial charge in [0.15, 0.2) is 11.6 Å². The van der Waals surface area contributed by atoms with Crippen molar-refractivity contribution in [2.75, 3.05) is 13.3 Å². The van der Waals surface area contributed by atoms with Crippen molar-refractivity contribution in [2.24, 2.45) is 0 Å². The van der Waals surface area contributed by atoms with E-state index in [1.807, 2.05) is 6.26 Å². The molecule has 1 fully saturated rings. The average molecular weight is 339 g/mol. The van der Waals surface area contributed by atoms with Gasteiger partial charge in [-0.3, -0.25) is 0 Å². The molecule has 8 heteroatoms. The molecule has 3 nitrogen and oxygen atoms in total. The van der Waals surface area contributed by atoms with E-state index in [9.17, 15) is 21.6 Å². The molecule has 0 unspecified atom stereocenters. The number of rotatable bonds is 4. The molecule has 0 saturated heterocycles. The Hall–Kier alpha value is -0.730. The number of hydrogen-bond donors (Lipinski definition) is 0. The molecule has 1 aromatic carbocycles. The van der Waals surface area contributed by atoms with Crippen LogP contribution >= 0.6 is 11.8 Å². The molecular weight excluding hydrogens is 323 g/mol. The van der Waals surface area contributed by atoms with Gasteiger partial charge in [-0.25, -0.2) is 21.6 Å². The lowest BCUT2D eigenvalue weighted by Gasteiger charge is -2.28. The Morgan fingerprint density at radius 1 is 1.14 bits per heavy atom. The topological polar surface area (TPSA) is 37.4 Å². The summed E-state index contributed by atoms with van der Waals surface area (Å²) in [7, 11) is -2.84. The van der Waals surface area contributed by atoms with E-state index in [-0.39, 0.29) is 17.4 Å². The molecule has 0 heterocycles. The summed E-state index contributed by atoms with van der Waals surface area (Å²) in [6, 6.07) is 0.397. The third kappa shape index (κ3) is 3.07. The molecule has 1 aliphatic carbocycles. The van der Waals surface area contributed by atoms with E-state index in [4.69, 9.17) is 0 Å². The maximum atomic E-state index is 13.7. The molecule has 0 amide bonds. The van der Waals surface area contributed by atoms with E-state index >= 15 is 0 Å². The normalized spacial score (nSPS) is 23.0. The molecule has 1 aliphatic rings. The molecule has 0 aliphatic heterocycles. The summed E-state index contributed by atoms with van der Waals surface area (Å²) in [6.45, 7) is 0. The van der Waals surface area contributed by atoms with Gasteiger partial charge in [0.25, 0.3) is 0 Å². The van der Waals surface area contributed by atoms with Gasteiger partial charge >= 0.3 is 0 Å². The second-order valence-corrected chi connectivity index (χ2v) is 8.03. The molecule has 1 aromatic rings. The number of sulfonamides is 1. The Morgan fingerprint density at radius 3 is 2.38 bits per heavy atom. The van der Waals surface area contributed by atoms with Gasteiger partial charge < -0.3 is 0 Å². The van der Waals surface area contributed by atoms with E-state index in [1.165, 1.54) is 7.05 Å². The zero-order chi connectivity index (χ0) is 15.8. The molecule has 1 saturated carbocycles. The summed E-state index contributed by atoms with van der Waals surface area (Å²) < 4.78 is 65.9. The van der Waals surface area contributed by atoms with E-state index < -0.39 is 32.4 Å². The van der Waals surface area contributed by atoms with Crippen LogP contribution in [0.4, 0.5) is 13.2 Å². The van der Waals surface area contributed by atoms with Gasteiger partial charge in [0.05, 0.1) is 0 Å². The number of benzene rings is 1. The number of halogens is 3. The van der Waals surface area contributed by atoms with Crippen molar-refractivity contribution in [3.8, 4) is 0 Å². The molecule has 0 radical (unpaired) electrons. The first-order valence-electron chi connectivity index (χ1n) is 6.44. The van der Waals surface area contributed by atoms with Gasteiger partial charge in [0.2, 0.25) is 10.0 Å². The van der Waals surface area contributed by atoms with Crippen molar-refractivity contribution in [3.05, 3.63) is 29.6 Å². The van der Waals surface area contributed by atoms with Crippen molar-refractivity contribution in [1.29, 1.82) is 0 Å². The van der Waals surface area contributed by atoms with Crippen LogP contribution < -0.4 is 0 Å². The van der Waals surface area contributed by atoms with Crippen LogP contribution in [-0.4, -0.2) is 37.3 Å². The maximum absolute atomic E-state index is 13.7. The van der Waals surface area contributed by atoms with Crippen molar-refractivity contribution in [1.82, 2.24) is 4.31 Å². The van der Waals surface area contributed by atoms with E-state index in [0.29, 0.717) is 12.5 Å². The number of nitrogens with zero attached hydrogens (tertiary/aromatic N) is 1. The Balaban J connectivity index is 2.40. The Morgan fingerprint density at radius 2 is 1.76 bits per heavy atom. The van der Waals surface area contributed by atoms with Crippen LogP contribution in [0.15, 0.2) is 17.0 Å². The smallest absolute Gasteiger partial charge is 0.207 e. The molecule has 118 valence electrons. The molecule has 2 rings (SSSR count). The van der Waals surface area contributed by atoms with Crippen molar-refractivity contribution in [2.45, 2.75) is 35.4 Å². The minimum atomic E-state index is -4.20. The van der Waals surface area contributed by atoms with E-state index in [2.05, 4.69) is 0 Å². The van der Waals surface area contributed by atoms with E-state index in [0.717, 1.165) is 17.1 Å². The molecule has 21 heavy (non-hydrogen) atoms. The largest absolute Gasteiger partial charge is 0.246 e. The predicted molar refractivity (Wildman–Crippen MR) is 76.2 cm³/mol. The van der Waals surface area contributed by atoms with Crippen LogP contribution in [-0.2, 0) is 10.0 Å². The zero-order valence-electron chi connectivity index (χ0n) is 11.6. The minimum absolute atomic E-state index is 0.123. The third-order valence-corrected chi connectivity index (χ3v) is 6.87. The van der Waals surface area contributed by atoms with Gasteiger partial charge in [0, 0.05) is 24.4 Å². The van der Waals surface area contributed by atoms with E-state index in [1.54, 1.807) is 11.8 Å². The van der Waals surface area contributed by atoms with Gasteiger partial charge in [-0.1, -0.05) is 6.42 Å². The standard InChI is InChI=1S/C13H16F3NO2S2/c1-17(11-4-3-5-12(11)20-2)21(18,19)13-7-9(15)8(14)6-10(13)16/h6-7,11-12H,3-5H2,1-2H3/t11-,12-/m0/s1. The molecule has 0 bridgehead atoms. The summed E-state index contributed by atoms with van der Waals surface area (Å²) in [4.78, 5) is -0.823. The quantitative estimate of drug-likeness (QED) is 0.792. The van der Waals surface area contributed by atoms with Crippen molar-refractivity contribution >= 4 is 21.8 Å². The highest BCUT2D eigenvalue weighted by Crippen LogP contribution is 2.34. The summed E-state index contributed by atoms with van der Waals surface area (Å²) in [5.74, 6) is -4.06. The lowest BCUT2D eigenvalue weighted by Crippen LogP contribution is -2.40. The Labute approximate surface area is 126 Å². The average Bonchev–Trinajstić information content (AvgIpc) is 2.89. The molecule has 0 aromatic heterocycles. The molecule has 2 atom stereocenters. The second kappa shape index (κ2) is 6.18. The lowest BCUT2D eigenvalue weighted by molar-refractivity contribution is 0.375. The Kier molecular flexibility index (Phi) is 4.89. The maximum Gasteiger partial charge on any atom is 0.246 e.